The number of rotatable bonds is 7. The molecule has 2 N–H and O–H groups in total. The van der Waals surface area contributed by atoms with Crippen LogP contribution in [-0.4, -0.2) is 24.0 Å². The standard InChI is InChI=1S/C17H20ClN3O2/c1-12(2)9-19-16-8-5-14(10-20-16)21-17(22)11-23-15-6-3-13(18)4-7-15/h3-8,10,12H,9,11H2,1-2H3,(H,19,20)(H,21,22). The smallest absolute Gasteiger partial charge is 0.262 e. The van der Waals surface area contributed by atoms with E-state index in [9.17, 15) is 4.79 Å². The molecular weight excluding hydrogens is 314 g/mol. The lowest BCUT2D eigenvalue weighted by Gasteiger charge is -2.10. The molecule has 0 radical (unpaired) electrons. The lowest BCUT2D eigenvalue weighted by Crippen LogP contribution is -2.20. The van der Waals surface area contributed by atoms with Gasteiger partial charge in [0.05, 0.1) is 11.9 Å². The maximum absolute atomic E-state index is 11.8. The fraction of sp³-hybridized carbons (Fsp3) is 0.294. The molecule has 0 saturated heterocycles. The second-order valence-corrected chi connectivity index (χ2v) is 5.93. The maximum Gasteiger partial charge on any atom is 0.262 e. The summed E-state index contributed by atoms with van der Waals surface area (Å²) in [6, 6.07) is 10.5. The molecule has 1 amide bonds. The summed E-state index contributed by atoms with van der Waals surface area (Å²) in [4.78, 5) is 16.1. The quantitative estimate of drug-likeness (QED) is 0.808. The van der Waals surface area contributed by atoms with Crippen molar-refractivity contribution in [2.75, 3.05) is 23.8 Å². The Hall–Kier alpha value is -2.27. The summed E-state index contributed by atoms with van der Waals surface area (Å²) >= 11 is 5.79. The average molecular weight is 334 g/mol. The molecule has 1 aromatic heterocycles. The summed E-state index contributed by atoms with van der Waals surface area (Å²) in [6.45, 7) is 5.03. The fourth-order valence-corrected chi connectivity index (χ4v) is 1.88. The number of carbonyl (C=O) groups is 1. The van der Waals surface area contributed by atoms with Crippen LogP contribution in [0.4, 0.5) is 11.5 Å². The number of nitrogens with zero attached hydrogens (tertiary/aromatic N) is 1. The van der Waals surface area contributed by atoms with Crippen LogP contribution in [0.3, 0.4) is 0 Å². The van der Waals surface area contributed by atoms with Crippen LogP contribution in [0.1, 0.15) is 13.8 Å². The SMILES string of the molecule is CC(C)CNc1ccc(NC(=O)COc2ccc(Cl)cc2)cn1. The van der Waals surface area contributed by atoms with E-state index in [4.69, 9.17) is 16.3 Å². The van der Waals surface area contributed by atoms with E-state index in [0.29, 0.717) is 22.4 Å². The molecule has 0 aliphatic rings. The number of pyridine rings is 1. The van der Waals surface area contributed by atoms with Crippen LogP contribution >= 0.6 is 11.6 Å². The molecule has 0 aliphatic heterocycles. The molecule has 122 valence electrons. The van der Waals surface area contributed by atoms with E-state index in [0.717, 1.165) is 12.4 Å². The zero-order chi connectivity index (χ0) is 16.7. The molecule has 0 bridgehead atoms. The van der Waals surface area contributed by atoms with E-state index in [1.807, 2.05) is 6.07 Å². The number of benzene rings is 1. The number of hydrogen-bond donors (Lipinski definition) is 2. The van der Waals surface area contributed by atoms with E-state index in [1.54, 1.807) is 36.5 Å². The van der Waals surface area contributed by atoms with Gasteiger partial charge in [0.1, 0.15) is 11.6 Å². The minimum atomic E-state index is -0.246. The number of anilines is 2. The number of ether oxygens (including phenoxy) is 1. The lowest BCUT2D eigenvalue weighted by molar-refractivity contribution is -0.118. The minimum Gasteiger partial charge on any atom is -0.484 e. The summed E-state index contributed by atoms with van der Waals surface area (Å²) in [6.07, 6.45) is 1.61. The van der Waals surface area contributed by atoms with Gasteiger partial charge in [0.2, 0.25) is 0 Å². The van der Waals surface area contributed by atoms with Crippen molar-refractivity contribution in [1.82, 2.24) is 4.98 Å². The van der Waals surface area contributed by atoms with Crippen molar-refractivity contribution in [3.05, 3.63) is 47.6 Å². The number of carbonyl (C=O) groups excluding carboxylic acids is 1. The summed E-state index contributed by atoms with van der Waals surface area (Å²) < 4.78 is 5.38. The van der Waals surface area contributed by atoms with Crippen LogP contribution in [0.2, 0.25) is 5.02 Å². The van der Waals surface area contributed by atoms with Crippen LogP contribution in [0.5, 0.6) is 5.75 Å². The van der Waals surface area contributed by atoms with Crippen molar-refractivity contribution >= 4 is 29.0 Å². The van der Waals surface area contributed by atoms with Crippen molar-refractivity contribution in [2.24, 2.45) is 5.92 Å². The lowest BCUT2D eigenvalue weighted by atomic mass is 10.2. The molecule has 0 spiro atoms. The summed E-state index contributed by atoms with van der Waals surface area (Å²) in [5.74, 6) is 1.68. The van der Waals surface area contributed by atoms with Crippen LogP contribution in [0.25, 0.3) is 0 Å². The van der Waals surface area contributed by atoms with Crippen molar-refractivity contribution in [3.63, 3.8) is 0 Å². The highest BCUT2D eigenvalue weighted by molar-refractivity contribution is 6.30. The van der Waals surface area contributed by atoms with E-state index in [-0.39, 0.29) is 12.5 Å². The monoisotopic (exact) mass is 333 g/mol. The van der Waals surface area contributed by atoms with Crippen LogP contribution in [0.15, 0.2) is 42.6 Å². The van der Waals surface area contributed by atoms with Crippen molar-refractivity contribution in [3.8, 4) is 5.75 Å². The Morgan fingerprint density at radius 1 is 1.22 bits per heavy atom. The highest BCUT2D eigenvalue weighted by atomic mass is 35.5. The normalized spacial score (nSPS) is 10.4. The molecule has 23 heavy (non-hydrogen) atoms. The molecule has 1 aromatic carbocycles. The van der Waals surface area contributed by atoms with Gasteiger partial charge in [-0.2, -0.15) is 0 Å². The summed E-state index contributed by atoms with van der Waals surface area (Å²) in [5.41, 5.74) is 0.629. The second kappa shape index (κ2) is 8.39. The van der Waals surface area contributed by atoms with Gasteiger partial charge in [0.25, 0.3) is 5.91 Å². The van der Waals surface area contributed by atoms with Crippen molar-refractivity contribution in [2.45, 2.75) is 13.8 Å². The molecule has 6 heteroatoms. The molecule has 5 nitrogen and oxygen atoms in total. The van der Waals surface area contributed by atoms with Crippen LogP contribution in [0, 0.1) is 5.92 Å². The van der Waals surface area contributed by atoms with Gasteiger partial charge in [0.15, 0.2) is 6.61 Å². The van der Waals surface area contributed by atoms with Gasteiger partial charge in [-0.15, -0.1) is 0 Å². The maximum atomic E-state index is 11.8. The van der Waals surface area contributed by atoms with Gasteiger partial charge < -0.3 is 15.4 Å². The first-order valence-electron chi connectivity index (χ1n) is 7.41. The zero-order valence-electron chi connectivity index (χ0n) is 13.2. The van der Waals surface area contributed by atoms with Crippen molar-refractivity contribution in [1.29, 1.82) is 0 Å². The topological polar surface area (TPSA) is 63.2 Å². The van der Waals surface area contributed by atoms with Gasteiger partial charge in [0, 0.05) is 11.6 Å². The molecule has 1 heterocycles. The molecule has 0 unspecified atom stereocenters. The van der Waals surface area contributed by atoms with E-state index in [2.05, 4.69) is 29.5 Å². The van der Waals surface area contributed by atoms with E-state index in [1.165, 1.54) is 0 Å². The van der Waals surface area contributed by atoms with Gasteiger partial charge in [-0.25, -0.2) is 4.98 Å². The Kier molecular flexibility index (Phi) is 6.23. The molecule has 0 aliphatic carbocycles. The van der Waals surface area contributed by atoms with E-state index < -0.39 is 0 Å². The third kappa shape index (κ3) is 6.16. The predicted octanol–water partition coefficient (Wildman–Crippen LogP) is 3.82. The molecule has 2 rings (SSSR count). The van der Waals surface area contributed by atoms with Gasteiger partial charge >= 0.3 is 0 Å². The number of hydrogen-bond acceptors (Lipinski definition) is 4. The highest BCUT2D eigenvalue weighted by Crippen LogP contribution is 2.15. The molecular formula is C17H20ClN3O2. The molecule has 0 saturated carbocycles. The third-order valence-corrected chi connectivity index (χ3v) is 3.17. The fourth-order valence-electron chi connectivity index (χ4n) is 1.76. The first-order chi connectivity index (χ1) is 11.0. The van der Waals surface area contributed by atoms with Crippen LogP contribution in [-0.2, 0) is 4.79 Å². The Balaban J connectivity index is 1.79. The Bertz CT molecular complexity index is 627. The first kappa shape index (κ1) is 17.1. The van der Waals surface area contributed by atoms with Gasteiger partial charge in [-0.05, 0) is 42.3 Å². The largest absolute Gasteiger partial charge is 0.484 e. The number of aromatic nitrogens is 1. The highest BCUT2D eigenvalue weighted by Gasteiger charge is 2.05. The van der Waals surface area contributed by atoms with E-state index >= 15 is 0 Å². The summed E-state index contributed by atoms with van der Waals surface area (Å²) in [5, 5.41) is 6.58. The Labute approximate surface area is 141 Å². The van der Waals surface area contributed by atoms with Crippen LogP contribution < -0.4 is 15.4 Å². The third-order valence-electron chi connectivity index (χ3n) is 2.92. The second-order valence-electron chi connectivity index (χ2n) is 5.50. The number of nitrogens with one attached hydrogen (secondary N) is 2. The van der Waals surface area contributed by atoms with Gasteiger partial charge in [-0.3, -0.25) is 4.79 Å². The predicted molar refractivity (Wildman–Crippen MR) is 93.1 cm³/mol. The zero-order valence-corrected chi connectivity index (χ0v) is 13.9. The molecule has 2 aromatic rings. The Morgan fingerprint density at radius 2 is 1.96 bits per heavy atom. The minimum absolute atomic E-state index is 0.0744. The Morgan fingerprint density at radius 3 is 2.57 bits per heavy atom. The van der Waals surface area contributed by atoms with Gasteiger partial charge in [-0.1, -0.05) is 25.4 Å². The van der Waals surface area contributed by atoms with Crippen molar-refractivity contribution < 1.29 is 9.53 Å². The molecule has 0 atom stereocenters. The summed E-state index contributed by atoms with van der Waals surface area (Å²) in [7, 11) is 0. The number of amides is 1. The molecule has 0 fully saturated rings. The average Bonchev–Trinajstić information content (AvgIpc) is 2.53. The number of halogens is 1. The first-order valence-corrected chi connectivity index (χ1v) is 7.79.